The molecule has 4 rings (SSSR count). The summed E-state index contributed by atoms with van der Waals surface area (Å²) >= 11 is 0. The Labute approximate surface area is 197 Å². The van der Waals surface area contributed by atoms with Gasteiger partial charge in [-0.05, 0) is 57.5 Å². The number of carbonyl (C=O) groups excluding carboxylic acids is 1. The molecule has 2 aromatic carbocycles. The van der Waals surface area contributed by atoms with Crippen molar-refractivity contribution in [3.63, 3.8) is 0 Å². The van der Waals surface area contributed by atoms with Gasteiger partial charge in [-0.15, -0.1) is 3.89 Å². The van der Waals surface area contributed by atoms with Crippen LogP contribution in [0.4, 0.5) is 25.3 Å². The molecule has 1 unspecified atom stereocenters. The summed E-state index contributed by atoms with van der Waals surface area (Å²) in [6.45, 7) is 5.43. The number of amides is 1. The fraction of sp³-hybridized carbons (Fsp3) is 0.435. The van der Waals surface area contributed by atoms with E-state index in [1.807, 2.05) is 11.8 Å². The number of rotatable bonds is 7. The topological polar surface area (TPSA) is 99.8 Å². The summed E-state index contributed by atoms with van der Waals surface area (Å²) < 4.78 is 55.6. The molecular weight excluding hydrogens is 466 g/mol. The minimum atomic E-state index is -4.91. The van der Waals surface area contributed by atoms with Gasteiger partial charge in [-0.2, -0.15) is 8.42 Å². The average Bonchev–Trinajstić information content (AvgIpc) is 3.05. The predicted octanol–water partition coefficient (Wildman–Crippen LogP) is 3.67. The van der Waals surface area contributed by atoms with E-state index >= 15 is 0 Å². The van der Waals surface area contributed by atoms with Gasteiger partial charge in [0.2, 0.25) is 5.91 Å². The number of carbonyl (C=O) groups is 1. The van der Waals surface area contributed by atoms with Crippen molar-refractivity contribution in [2.24, 2.45) is 0 Å². The van der Waals surface area contributed by atoms with E-state index in [1.54, 1.807) is 6.92 Å². The second kappa shape index (κ2) is 9.03. The molecule has 0 radical (unpaired) electrons. The molecular formula is C23H28F2N4O4S. The largest absolute Gasteiger partial charge is 0.495 e. The Morgan fingerprint density at radius 3 is 2.74 bits per heavy atom. The molecule has 3 N–H and O–H groups in total. The molecule has 0 aromatic heterocycles. The van der Waals surface area contributed by atoms with E-state index in [2.05, 4.69) is 16.0 Å². The molecule has 0 saturated carbocycles. The summed E-state index contributed by atoms with van der Waals surface area (Å²) in [4.78, 5) is 14.7. The first-order valence-corrected chi connectivity index (χ1v) is 12.5. The third kappa shape index (κ3) is 4.29. The molecule has 0 aliphatic carbocycles. The van der Waals surface area contributed by atoms with Crippen molar-refractivity contribution < 1.29 is 26.2 Å². The number of nitrogens with one attached hydrogen (secondary N) is 3. The number of ether oxygens (including phenoxy) is 1. The van der Waals surface area contributed by atoms with Gasteiger partial charge in [0.05, 0.1) is 18.5 Å². The zero-order chi connectivity index (χ0) is 24.7. The standard InChI is InChI=1S/C23H28F2N4O4S/c1-4-26-18-11-14(24)10-17-21(18)28-22(30)23(17,2)29-9-5-6-16(13-29)27-15-7-8-20(34(25,31)32)19(12-15)33-3/h7-8,10-12,16,26-27H,4-6,9,13H2,1-3H3,(H,28,30)/t16?,23-/m1/s1. The number of anilines is 3. The molecule has 1 amide bonds. The molecule has 184 valence electrons. The summed E-state index contributed by atoms with van der Waals surface area (Å²) in [5.41, 5.74) is 1.26. The molecule has 2 heterocycles. The molecule has 1 fully saturated rings. The molecule has 2 aliphatic heterocycles. The number of nitrogens with zero attached hydrogens (tertiary/aromatic N) is 1. The molecule has 34 heavy (non-hydrogen) atoms. The first-order chi connectivity index (χ1) is 16.1. The number of halogens is 2. The van der Waals surface area contributed by atoms with Gasteiger partial charge in [0.25, 0.3) is 0 Å². The van der Waals surface area contributed by atoms with Crippen LogP contribution in [-0.4, -0.2) is 52.0 Å². The second-order valence-electron chi connectivity index (χ2n) is 8.67. The van der Waals surface area contributed by atoms with Crippen LogP contribution in [0.2, 0.25) is 0 Å². The van der Waals surface area contributed by atoms with Gasteiger partial charge in [0.15, 0.2) is 0 Å². The normalized spacial score (nSPS) is 22.7. The van der Waals surface area contributed by atoms with E-state index in [-0.39, 0.29) is 17.7 Å². The van der Waals surface area contributed by atoms with Crippen LogP contribution in [0, 0.1) is 5.82 Å². The highest BCUT2D eigenvalue weighted by molar-refractivity contribution is 7.86. The van der Waals surface area contributed by atoms with Crippen molar-refractivity contribution in [2.75, 3.05) is 42.7 Å². The number of methoxy groups -OCH3 is 1. The quantitative estimate of drug-likeness (QED) is 0.505. The highest BCUT2D eigenvalue weighted by Crippen LogP contribution is 2.45. The molecule has 8 nitrogen and oxygen atoms in total. The van der Waals surface area contributed by atoms with Crippen LogP contribution in [0.25, 0.3) is 0 Å². The SMILES string of the molecule is CCNc1cc(F)cc2c1NC(=O)[C@]2(C)N1CCCC(Nc2ccc(S(=O)(=O)F)c(OC)c2)C1. The number of hydrogen-bond acceptors (Lipinski definition) is 7. The van der Waals surface area contributed by atoms with Gasteiger partial charge >= 0.3 is 10.2 Å². The maximum atomic E-state index is 14.4. The zero-order valence-corrected chi connectivity index (χ0v) is 20.1. The average molecular weight is 495 g/mol. The number of fused-ring (bicyclic) bond motifs is 1. The van der Waals surface area contributed by atoms with E-state index < -0.39 is 26.5 Å². The number of benzene rings is 2. The van der Waals surface area contributed by atoms with Crippen LogP contribution in [0.15, 0.2) is 35.2 Å². The van der Waals surface area contributed by atoms with Crippen LogP contribution in [-0.2, 0) is 20.6 Å². The Morgan fingerprint density at radius 2 is 2.06 bits per heavy atom. The lowest BCUT2D eigenvalue weighted by atomic mass is 9.88. The molecule has 11 heteroatoms. The summed E-state index contributed by atoms with van der Waals surface area (Å²) in [6, 6.07) is 6.77. The minimum absolute atomic E-state index is 0.0817. The summed E-state index contributed by atoms with van der Waals surface area (Å²) in [7, 11) is -3.64. The van der Waals surface area contributed by atoms with Crippen molar-refractivity contribution >= 4 is 33.2 Å². The van der Waals surface area contributed by atoms with Crippen molar-refractivity contribution in [1.29, 1.82) is 0 Å². The lowest BCUT2D eigenvalue weighted by Crippen LogP contribution is -2.55. The Balaban J connectivity index is 1.59. The maximum absolute atomic E-state index is 14.4. The van der Waals surface area contributed by atoms with E-state index in [1.165, 1.54) is 31.4 Å². The molecule has 2 atom stereocenters. The van der Waals surface area contributed by atoms with Gasteiger partial charge in [0, 0.05) is 36.4 Å². The van der Waals surface area contributed by atoms with Crippen LogP contribution in [0.5, 0.6) is 5.75 Å². The number of likely N-dealkylation sites (tertiary alicyclic amines) is 1. The third-order valence-corrected chi connectivity index (χ3v) is 7.39. The highest BCUT2D eigenvalue weighted by Gasteiger charge is 2.49. The van der Waals surface area contributed by atoms with Crippen molar-refractivity contribution in [3.8, 4) is 5.75 Å². The monoisotopic (exact) mass is 494 g/mol. The van der Waals surface area contributed by atoms with Crippen LogP contribution >= 0.6 is 0 Å². The van der Waals surface area contributed by atoms with Gasteiger partial charge in [0.1, 0.15) is 22.0 Å². The predicted molar refractivity (Wildman–Crippen MR) is 126 cm³/mol. The Morgan fingerprint density at radius 1 is 1.29 bits per heavy atom. The second-order valence-corrected chi connectivity index (χ2v) is 9.98. The first kappa shape index (κ1) is 24.2. The minimum Gasteiger partial charge on any atom is -0.495 e. The van der Waals surface area contributed by atoms with Crippen LogP contribution < -0.4 is 20.7 Å². The van der Waals surface area contributed by atoms with E-state index in [9.17, 15) is 21.5 Å². The Hall–Kier alpha value is -2.92. The summed E-state index contributed by atoms with van der Waals surface area (Å²) in [5.74, 6) is -0.728. The number of hydrogen-bond donors (Lipinski definition) is 3. The summed E-state index contributed by atoms with van der Waals surface area (Å²) in [6.07, 6.45) is 1.59. The van der Waals surface area contributed by atoms with Crippen LogP contribution in [0.3, 0.4) is 0 Å². The molecule has 0 bridgehead atoms. The lowest BCUT2D eigenvalue weighted by molar-refractivity contribution is -0.127. The molecule has 2 aliphatic rings. The fourth-order valence-electron chi connectivity index (χ4n) is 4.82. The van der Waals surface area contributed by atoms with Gasteiger partial charge in [-0.25, -0.2) is 4.39 Å². The van der Waals surface area contributed by atoms with Crippen molar-refractivity contribution in [2.45, 2.75) is 43.2 Å². The Bertz CT molecular complexity index is 1220. The zero-order valence-electron chi connectivity index (χ0n) is 19.2. The summed E-state index contributed by atoms with van der Waals surface area (Å²) in [5, 5.41) is 9.37. The van der Waals surface area contributed by atoms with Crippen LogP contribution in [0.1, 0.15) is 32.3 Å². The fourth-order valence-corrected chi connectivity index (χ4v) is 5.44. The number of piperidine rings is 1. The van der Waals surface area contributed by atoms with E-state index in [0.29, 0.717) is 42.3 Å². The molecule has 0 spiro atoms. The lowest BCUT2D eigenvalue weighted by Gasteiger charge is -2.42. The van der Waals surface area contributed by atoms with Crippen molar-refractivity contribution in [1.82, 2.24) is 4.90 Å². The molecule has 1 saturated heterocycles. The van der Waals surface area contributed by atoms with Gasteiger partial charge in [-0.1, -0.05) is 0 Å². The van der Waals surface area contributed by atoms with E-state index in [0.717, 1.165) is 18.9 Å². The maximum Gasteiger partial charge on any atom is 0.335 e. The highest BCUT2D eigenvalue weighted by atomic mass is 32.3. The van der Waals surface area contributed by atoms with E-state index in [4.69, 9.17) is 4.74 Å². The van der Waals surface area contributed by atoms with Crippen molar-refractivity contribution in [3.05, 3.63) is 41.7 Å². The smallest absolute Gasteiger partial charge is 0.335 e. The first-order valence-electron chi connectivity index (χ1n) is 11.1. The molecule has 2 aromatic rings. The third-order valence-electron chi connectivity index (χ3n) is 6.53. The van der Waals surface area contributed by atoms with Gasteiger partial charge in [-0.3, -0.25) is 9.69 Å². The Kier molecular flexibility index (Phi) is 6.43. The van der Waals surface area contributed by atoms with Gasteiger partial charge < -0.3 is 20.7 Å².